The third kappa shape index (κ3) is 2.59. The number of aromatic nitrogens is 4. The maximum atomic E-state index is 14.2. The molecular formula is C21H16FN5O3. The molecule has 0 unspecified atom stereocenters. The summed E-state index contributed by atoms with van der Waals surface area (Å²) in [5, 5.41) is 2.92. The lowest BCUT2D eigenvalue weighted by Crippen LogP contribution is -2.32. The van der Waals surface area contributed by atoms with Crippen molar-refractivity contribution in [3.8, 4) is 5.95 Å². The predicted octanol–water partition coefficient (Wildman–Crippen LogP) is 2.54. The first-order chi connectivity index (χ1) is 14.5. The van der Waals surface area contributed by atoms with Crippen molar-refractivity contribution in [2.24, 2.45) is 0 Å². The molecule has 30 heavy (non-hydrogen) atoms. The molecule has 2 amide bonds. The summed E-state index contributed by atoms with van der Waals surface area (Å²) in [5.74, 6) is -2.57. The van der Waals surface area contributed by atoms with E-state index in [0.29, 0.717) is 11.2 Å². The van der Waals surface area contributed by atoms with Crippen LogP contribution in [0.25, 0.3) is 17.0 Å². The lowest BCUT2D eigenvalue weighted by Gasteiger charge is -2.15. The number of carbonyl (C=O) groups is 2. The van der Waals surface area contributed by atoms with Gasteiger partial charge in [0.2, 0.25) is 17.8 Å². The van der Waals surface area contributed by atoms with Gasteiger partial charge in [0.1, 0.15) is 5.82 Å². The van der Waals surface area contributed by atoms with E-state index in [1.165, 1.54) is 22.9 Å². The van der Waals surface area contributed by atoms with Gasteiger partial charge >= 0.3 is 0 Å². The summed E-state index contributed by atoms with van der Waals surface area (Å²) in [5.41, 5.74) is 1.47. The van der Waals surface area contributed by atoms with Crippen LogP contribution in [-0.4, -0.2) is 31.6 Å². The molecule has 1 fully saturated rings. The molecular weight excluding hydrogens is 389 g/mol. The van der Waals surface area contributed by atoms with E-state index in [4.69, 9.17) is 0 Å². The van der Waals surface area contributed by atoms with E-state index in [-0.39, 0.29) is 23.6 Å². The van der Waals surface area contributed by atoms with Gasteiger partial charge in [0.05, 0.1) is 28.2 Å². The van der Waals surface area contributed by atoms with Gasteiger partial charge in [-0.1, -0.05) is 24.3 Å². The first kappa shape index (κ1) is 18.0. The van der Waals surface area contributed by atoms with Crippen LogP contribution in [0.1, 0.15) is 23.6 Å². The Hall–Kier alpha value is -4.01. The Labute approximate surface area is 168 Å². The van der Waals surface area contributed by atoms with Gasteiger partial charge in [-0.15, -0.1) is 0 Å². The van der Waals surface area contributed by atoms with Gasteiger partial charge in [-0.25, -0.2) is 14.3 Å². The number of amides is 2. The number of hydrogen-bond acceptors (Lipinski definition) is 4. The number of nitrogens with one attached hydrogen (secondary N) is 2. The number of H-pyrrole nitrogens is 2. The number of carbonyl (C=O) groups excluding carboxylic acids is 2. The topological polar surface area (TPSA) is 104 Å². The summed E-state index contributed by atoms with van der Waals surface area (Å²) in [6.45, 7) is 1.65. The maximum absolute atomic E-state index is 14.2. The van der Waals surface area contributed by atoms with Crippen molar-refractivity contribution in [2.75, 3.05) is 4.90 Å². The molecule has 1 aliphatic heterocycles. The summed E-state index contributed by atoms with van der Waals surface area (Å²) >= 11 is 0. The van der Waals surface area contributed by atoms with Crippen LogP contribution < -0.4 is 10.5 Å². The van der Waals surface area contributed by atoms with Crippen LogP contribution in [0.5, 0.6) is 0 Å². The highest BCUT2D eigenvalue weighted by Crippen LogP contribution is 2.34. The number of halogens is 1. The van der Waals surface area contributed by atoms with E-state index >= 15 is 0 Å². The first-order valence-corrected chi connectivity index (χ1v) is 9.33. The summed E-state index contributed by atoms with van der Waals surface area (Å²) < 4.78 is 15.4. The highest BCUT2D eigenvalue weighted by Gasteiger charge is 2.44. The number of rotatable bonds is 3. The number of aryl methyl sites for hydroxylation is 1. The van der Waals surface area contributed by atoms with Crippen molar-refractivity contribution in [2.45, 2.75) is 19.3 Å². The van der Waals surface area contributed by atoms with Crippen LogP contribution in [0.2, 0.25) is 0 Å². The standard InChI is InChI=1S/C21H16FN5O3/c1-11-18(12-10-17(28)26(19(12)29)16-9-5-2-6-13(16)22)20(30)27(25-11)21-23-14-7-3-4-8-15(14)24-21/h2-9,12,25H,10H2,1H3,(H,23,24)/t12-/m0/s1. The van der Waals surface area contributed by atoms with Crippen LogP contribution in [0.4, 0.5) is 10.1 Å². The smallest absolute Gasteiger partial charge is 0.278 e. The molecule has 0 radical (unpaired) electrons. The highest BCUT2D eigenvalue weighted by atomic mass is 19.1. The van der Waals surface area contributed by atoms with Crippen molar-refractivity contribution in [3.05, 3.63) is 76.0 Å². The van der Waals surface area contributed by atoms with Crippen molar-refractivity contribution in [1.29, 1.82) is 0 Å². The molecule has 1 aliphatic rings. The van der Waals surface area contributed by atoms with E-state index in [0.717, 1.165) is 10.4 Å². The Morgan fingerprint density at radius 3 is 2.57 bits per heavy atom. The molecule has 1 atom stereocenters. The highest BCUT2D eigenvalue weighted by molar-refractivity contribution is 6.22. The van der Waals surface area contributed by atoms with Crippen LogP contribution in [0.3, 0.4) is 0 Å². The minimum absolute atomic E-state index is 0.110. The minimum atomic E-state index is -0.994. The number of imide groups is 1. The van der Waals surface area contributed by atoms with Gasteiger partial charge in [0.15, 0.2) is 0 Å². The second-order valence-corrected chi connectivity index (χ2v) is 7.14. The molecule has 2 aromatic carbocycles. The van der Waals surface area contributed by atoms with Gasteiger partial charge in [0.25, 0.3) is 5.56 Å². The van der Waals surface area contributed by atoms with E-state index < -0.39 is 29.1 Å². The number of para-hydroxylation sites is 3. The SMILES string of the molecule is Cc1[nH]n(-c2nc3ccccc3[nH]2)c(=O)c1[C@@H]1CC(=O)N(c2ccccc2F)C1=O. The maximum Gasteiger partial charge on any atom is 0.278 e. The number of anilines is 1. The quantitative estimate of drug-likeness (QED) is 0.511. The van der Waals surface area contributed by atoms with E-state index in [2.05, 4.69) is 15.1 Å². The van der Waals surface area contributed by atoms with Crippen molar-refractivity contribution in [1.82, 2.24) is 19.7 Å². The molecule has 8 nitrogen and oxygen atoms in total. The number of imidazole rings is 1. The third-order valence-corrected chi connectivity index (χ3v) is 5.29. The van der Waals surface area contributed by atoms with Gasteiger partial charge in [-0.2, -0.15) is 4.68 Å². The van der Waals surface area contributed by atoms with Gasteiger partial charge in [-0.3, -0.25) is 19.5 Å². The van der Waals surface area contributed by atoms with Gasteiger partial charge in [0, 0.05) is 12.1 Å². The Balaban J connectivity index is 1.57. The largest absolute Gasteiger partial charge is 0.322 e. The fourth-order valence-electron chi connectivity index (χ4n) is 3.91. The van der Waals surface area contributed by atoms with E-state index in [1.54, 1.807) is 13.0 Å². The molecule has 1 saturated heterocycles. The van der Waals surface area contributed by atoms with Crippen LogP contribution in [0, 0.1) is 12.7 Å². The van der Waals surface area contributed by atoms with Crippen molar-refractivity contribution < 1.29 is 14.0 Å². The van der Waals surface area contributed by atoms with Gasteiger partial charge in [-0.05, 0) is 31.2 Å². The molecule has 0 aliphatic carbocycles. The predicted molar refractivity (Wildman–Crippen MR) is 107 cm³/mol. The zero-order chi connectivity index (χ0) is 21.0. The number of nitrogens with zero attached hydrogens (tertiary/aromatic N) is 3. The van der Waals surface area contributed by atoms with Crippen LogP contribution in [-0.2, 0) is 9.59 Å². The summed E-state index contributed by atoms with van der Waals surface area (Å²) in [4.78, 5) is 47.0. The molecule has 2 aromatic heterocycles. The molecule has 0 bridgehead atoms. The lowest BCUT2D eigenvalue weighted by atomic mass is 9.98. The number of fused-ring (bicyclic) bond motifs is 1. The second-order valence-electron chi connectivity index (χ2n) is 7.14. The zero-order valence-corrected chi connectivity index (χ0v) is 15.8. The Kier molecular flexibility index (Phi) is 3.92. The van der Waals surface area contributed by atoms with Crippen molar-refractivity contribution in [3.63, 3.8) is 0 Å². The lowest BCUT2D eigenvalue weighted by molar-refractivity contribution is -0.121. The van der Waals surface area contributed by atoms with Crippen molar-refractivity contribution >= 4 is 28.5 Å². The normalized spacial score (nSPS) is 16.7. The monoisotopic (exact) mass is 405 g/mol. The number of benzene rings is 2. The van der Waals surface area contributed by atoms with Gasteiger partial charge < -0.3 is 4.98 Å². The summed E-state index contributed by atoms with van der Waals surface area (Å²) in [6.07, 6.45) is -0.207. The van der Waals surface area contributed by atoms with Crippen LogP contribution in [0.15, 0.2) is 53.3 Å². The van der Waals surface area contributed by atoms with E-state index in [1.807, 2.05) is 24.3 Å². The minimum Gasteiger partial charge on any atom is -0.322 e. The number of aromatic amines is 2. The Morgan fingerprint density at radius 1 is 1.07 bits per heavy atom. The fourth-order valence-corrected chi connectivity index (χ4v) is 3.91. The average Bonchev–Trinajstić information content (AvgIpc) is 3.36. The molecule has 9 heteroatoms. The molecule has 0 saturated carbocycles. The first-order valence-electron chi connectivity index (χ1n) is 9.33. The molecule has 0 spiro atoms. The number of hydrogen-bond donors (Lipinski definition) is 2. The average molecular weight is 405 g/mol. The molecule has 150 valence electrons. The molecule has 5 rings (SSSR count). The Morgan fingerprint density at radius 2 is 1.80 bits per heavy atom. The zero-order valence-electron chi connectivity index (χ0n) is 15.8. The summed E-state index contributed by atoms with van der Waals surface area (Å²) in [7, 11) is 0. The Bertz CT molecular complexity index is 1350. The fraction of sp³-hybridized carbons (Fsp3) is 0.143. The molecule has 3 heterocycles. The van der Waals surface area contributed by atoms with Crippen LogP contribution >= 0.6 is 0 Å². The third-order valence-electron chi connectivity index (χ3n) is 5.29. The summed E-state index contributed by atoms with van der Waals surface area (Å²) in [6, 6.07) is 12.9. The molecule has 2 N–H and O–H groups in total. The second kappa shape index (κ2) is 6.51. The molecule has 4 aromatic rings. The van der Waals surface area contributed by atoms with E-state index in [9.17, 15) is 18.8 Å².